The molecule has 8 atom stereocenters. The number of epoxide rings is 1. The lowest BCUT2D eigenvalue weighted by atomic mass is 9.64. The van der Waals surface area contributed by atoms with Gasteiger partial charge in [0.05, 0.1) is 12.2 Å². The summed E-state index contributed by atoms with van der Waals surface area (Å²) in [7, 11) is -9.18. The second-order valence-corrected chi connectivity index (χ2v) is 20.4. The monoisotopic (exact) mass is 422 g/mol. The lowest BCUT2D eigenvalue weighted by molar-refractivity contribution is 0.0895. The number of hydrogen-bond donors (Lipinski definition) is 0. The fourth-order valence-electron chi connectivity index (χ4n) is 5.21. The molecule has 0 aromatic rings. The average Bonchev–Trinajstić information content (AvgIpc) is 3.14. The smallest absolute Gasteiger partial charge is 0.323 e. The highest BCUT2D eigenvalue weighted by molar-refractivity contribution is 6.82. The zero-order chi connectivity index (χ0) is 17.1. The molecule has 2 saturated carbocycles. The van der Waals surface area contributed by atoms with E-state index in [4.69, 9.17) is 25.3 Å². The van der Waals surface area contributed by atoms with Gasteiger partial charge >= 0.3 is 8.56 Å². The fraction of sp³-hybridized carbons (Fsp3) is 1.00. The molecule has 138 valence electrons. The first kappa shape index (κ1) is 18.2. The lowest BCUT2D eigenvalue weighted by Gasteiger charge is -2.59. The minimum absolute atomic E-state index is 0.218. The maximum absolute atomic E-state index is 6.72. The molecule has 4 fully saturated rings. The third-order valence-corrected chi connectivity index (χ3v) is 24.5. The van der Waals surface area contributed by atoms with E-state index < -0.39 is 45.7 Å². The van der Waals surface area contributed by atoms with Crippen LogP contribution >= 0.6 is 0 Å². The van der Waals surface area contributed by atoms with Crippen molar-refractivity contribution in [2.75, 3.05) is 0 Å². The first-order chi connectivity index (χ1) is 11.3. The molecule has 0 aromatic heterocycles. The maximum Gasteiger partial charge on any atom is 0.323 e. The number of fused-ring (bicyclic) bond motifs is 3. The Hall–Kier alpha value is 0.844. The minimum atomic E-state index is -2.39. The van der Waals surface area contributed by atoms with Crippen LogP contribution in [0.15, 0.2) is 0 Å². The summed E-state index contributed by atoms with van der Waals surface area (Å²) < 4.78 is 37.8. The van der Waals surface area contributed by atoms with Crippen LogP contribution in [0.2, 0.25) is 37.8 Å². The zero-order valence-corrected chi connectivity index (χ0v) is 20.9. The molecule has 0 aromatic carbocycles. The van der Waals surface area contributed by atoms with Gasteiger partial charge < -0.3 is 25.3 Å². The molecule has 2 heterocycles. The van der Waals surface area contributed by atoms with Crippen molar-refractivity contribution in [2.45, 2.75) is 75.7 Å². The third-order valence-electron chi connectivity index (χ3n) is 6.34. The first-order valence-electron chi connectivity index (χ1n) is 9.30. The molecule has 4 aliphatic rings. The summed E-state index contributed by atoms with van der Waals surface area (Å²) in [5, 5.41) is 0.218. The van der Waals surface area contributed by atoms with Crippen molar-refractivity contribution in [3.8, 4) is 0 Å². The first-order valence-corrected chi connectivity index (χ1v) is 20.0. The molecular weight excluding hydrogens is 393 g/mol. The van der Waals surface area contributed by atoms with Gasteiger partial charge in [0.1, 0.15) is 0 Å². The summed E-state index contributed by atoms with van der Waals surface area (Å²) in [6.07, 6.45) is 5.85. The second kappa shape index (κ2) is 6.47. The second-order valence-electron chi connectivity index (χ2n) is 7.84. The molecule has 0 N–H and O–H groups in total. The van der Waals surface area contributed by atoms with Crippen molar-refractivity contribution in [2.24, 2.45) is 5.92 Å². The van der Waals surface area contributed by atoms with Crippen LogP contribution in [0, 0.1) is 5.92 Å². The Labute approximate surface area is 152 Å². The largest absolute Gasteiger partial charge is 0.420 e. The Bertz CT molecular complexity index is 481. The molecule has 0 amide bonds. The summed E-state index contributed by atoms with van der Waals surface area (Å²) in [6.45, 7) is 10.8. The maximum atomic E-state index is 6.72. The van der Waals surface area contributed by atoms with E-state index >= 15 is 0 Å². The minimum Gasteiger partial charge on any atom is -0.420 e. The van der Waals surface area contributed by atoms with Crippen molar-refractivity contribution < 1.29 is 25.3 Å². The predicted octanol–water partition coefficient (Wildman–Crippen LogP) is 1.27. The van der Waals surface area contributed by atoms with E-state index in [9.17, 15) is 0 Å². The third kappa shape index (κ3) is 3.04. The Morgan fingerprint density at radius 2 is 1.38 bits per heavy atom. The van der Waals surface area contributed by atoms with Crippen LogP contribution in [0.3, 0.4) is 0 Å². The van der Waals surface area contributed by atoms with Crippen LogP contribution in [-0.4, -0.2) is 57.9 Å². The van der Waals surface area contributed by atoms with Gasteiger partial charge in [0.2, 0.25) is 0 Å². The molecule has 8 unspecified atom stereocenters. The Morgan fingerprint density at radius 3 is 1.92 bits per heavy atom. The van der Waals surface area contributed by atoms with E-state index in [-0.39, 0.29) is 5.04 Å². The van der Waals surface area contributed by atoms with Crippen molar-refractivity contribution in [1.29, 1.82) is 0 Å². The molecule has 0 radical (unpaired) electrons. The van der Waals surface area contributed by atoms with Crippen molar-refractivity contribution in [1.82, 2.24) is 0 Å². The lowest BCUT2D eigenvalue weighted by Crippen LogP contribution is -2.65. The van der Waals surface area contributed by atoms with Crippen LogP contribution in [0.5, 0.6) is 0 Å². The molecule has 2 saturated heterocycles. The van der Waals surface area contributed by atoms with Gasteiger partial charge in [-0.3, -0.25) is 0 Å². The van der Waals surface area contributed by atoms with Gasteiger partial charge in [-0.1, -0.05) is 0 Å². The van der Waals surface area contributed by atoms with E-state index in [2.05, 4.69) is 32.7 Å². The van der Waals surface area contributed by atoms with Gasteiger partial charge in [-0.25, -0.2) is 0 Å². The van der Waals surface area contributed by atoms with E-state index in [0.717, 1.165) is 0 Å². The van der Waals surface area contributed by atoms with Crippen molar-refractivity contribution >= 4 is 45.7 Å². The highest BCUT2D eigenvalue weighted by atomic mass is 28.5. The summed E-state index contributed by atoms with van der Waals surface area (Å²) in [5.41, 5.74) is 0. The highest BCUT2D eigenvalue weighted by Gasteiger charge is 2.71. The molecule has 0 spiro atoms. The van der Waals surface area contributed by atoms with Crippen LogP contribution < -0.4 is 0 Å². The topological polar surface area (TPSA) is 58.7 Å². The molecule has 11 heteroatoms. The summed E-state index contributed by atoms with van der Waals surface area (Å²) in [4.78, 5) is 0. The molecular formula is C13H30O6Si5. The predicted molar refractivity (Wildman–Crippen MR) is 102 cm³/mol. The molecule has 24 heavy (non-hydrogen) atoms. The number of ether oxygens (including phenoxy) is 1. The van der Waals surface area contributed by atoms with Crippen LogP contribution in [0.4, 0.5) is 0 Å². The number of hydrogen-bond acceptors (Lipinski definition) is 6. The van der Waals surface area contributed by atoms with Crippen molar-refractivity contribution in [3.05, 3.63) is 0 Å². The Balaban J connectivity index is 1.60. The van der Waals surface area contributed by atoms with Gasteiger partial charge in [0.25, 0.3) is 37.1 Å². The van der Waals surface area contributed by atoms with Gasteiger partial charge in [-0.2, -0.15) is 0 Å². The number of rotatable bonds is 1. The summed E-state index contributed by atoms with van der Waals surface area (Å²) >= 11 is 0. The van der Waals surface area contributed by atoms with E-state index in [1.54, 1.807) is 0 Å². The Morgan fingerprint density at radius 1 is 0.833 bits per heavy atom. The quantitative estimate of drug-likeness (QED) is 0.468. The van der Waals surface area contributed by atoms with Gasteiger partial charge in [0, 0.05) is 5.04 Å². The van der Waals surface area contributed by atoms with Gasteiger partial charge in [-0.05, 0) is 64.3 Å². The fourth-order valence-corrected chi connectivity index (χ4v) is 24.6. The SMILES string of the molecule is C[SiH]1O[SiH](C)O[SiH](C)O[Si](C)(C23CCC4OC4C2CC3)O[SiH](C)O1. The van der Waals surface area contributed by atoms with E-state index in [1.807, 2.05) is 0 Å². The van der Waals surface area contributed by atoms with Crippen LogP contribution in [0.25, 0.3) is 0 Å². The molecule has 2 aliphatic carbocycles. The van der Waals surface area contributed by atoms with E-state index in [0.29, 0.717) is 18.1 Å². The van der Waals surface area contributed by atoms with Crippen molar-refractivity contribution in [3.63, 3.8) is 0 Å². The van der Waals surface area contributed by atoms with Gasteiger partial charge in [0.15, 0.2) is 0 Å². The van der Waals surface area contributed by atoms with E-state index in [1.165, 1.54) is 25.7 Å². The highest BCUT2D eigenvalue weighted by Crippen LogP contribution is 2.70. The Kier molecular flexibility index (Phi) is 4.91. The normalized spacial score (nSPS) is 58.1. The average molecular weight is 423 g/mol. The molecule has 6 nitrogen and oxygen atoms in total. The summed E-state index contributed by atoms with van der Waals surface area (Å²) in [6, 6.07) is 0. The zero-order valence-electron chi connectivity index (χ0n) is 15.3. The van der Waals surface area contributed by atoms with Crippen LogP contribution in [-0.2, 0) is 25.3 Å². The van der Waals surface area contributed by atoms with Crippen LogP contribution in [0.1, 0.15) is 25.7 Å². The molecule has 2 aliphatic heterocycles. The summed E-state index contributed by atoms with van der Waals surface area (Å²) in [5.74, 6) is 0.638. The molecule has 0 bridgehead atoms. The molecule has 4 rings (SSSR count). The standard InChI is InChI=1S/C13H30O6Si5/c1-20-15-21(2)17-23(4)19-24(5,18-22(3)16-20)13-8-6-10(13)12-11(14-12)7-9-13/h10-12,20-23H,6-9H2,1-5H3. The van der Waals surface area contributed by atoms with Gasteiger partial charge in [-0.15, -0.1) is 0 Å².